The SMILES string of the molecule is Cc1ccc(NC(=O)CN2C(=O)NC3(CCc4ccccc4C3)C2=O)c(C)c1. The van der Waals surface area contributed by atoms with Crippen molar-refractivity contribution in [1.29, 1.82) is 0 Å². The van der Waals surface area contributed by atoms with Gasteiger partial charge in [-0.1, -0.05) is 42.0 Å². The van der Waals surface area contributed by atoms with E-state index in [1.165, 1.54) is 5.56 Å². The second-order valence-electron chi connectivity index (χ2n) is 7.72. The highest BCUT2D eigenvalue weighted by molar-refractivity contribution is 6.10. The Morgan fingerprint density at radius 2 is 1.89 bits per heavy atom. The molecule has 4 rings (SSSR count). The predicted octanol–water partition coefficient (Wildman–Crippen LogP) is 2.72. The molecule has 0 aromatic heterocycles. The van der Waals surface area contributed by atoms with Crippen molar-refractivity contribution in [2.45, 2.75) is 38.6 Å². The summed E-state index contributed by atoms with van der Waals surface area (Å²) in [6.45, 7) is 3.60. The van der Waals surface area contributed by atoms with Crippen molar-refractivity contribution in [3.8, 4) is 0 Å². The zero-order chi connectivity index (χ0) is 19.9. The van der Waals surface area contributed by atoms with Crippen LogP contribution in [0.2, 0.25) is 0 Å². The molecule has 0 saturated carbocycles. The van der Waals surface area contributed by atoms with Crippen LogP contribution in [0.1, 0.15) is 28.7 Å². The van der Waals surface area contributed by atoms with Gasteiger partial charge in [0.1, 0.15) is 12.1 Å². The van der Waals surface area contributed by atoms with Crippen LogP contribution in [-0.4, -0.2) is 34.8 Å². The Labute approximate surface area is 163 Å². The summed E-state index contributed by atoms with van der Waals surface area (Å²) in [6.07, 6.45) is 1.73. The predicted molar refractivity (Wildman–Crippen MR) is 106 cm³/mol. The molecular weight excluding hydrogens is 354 g/mol. The Morgan fingerprint density at radius 3 is 2.64 bits per heavy atom. The third kappa shape index (κ3) is 3.15. The molecule has 2 aromatic rings. The Balaban J connectivity index is 1.48. The first-order chi connectivity index (χ1) is 13.4. The third-order valence-corrected chi connectivity index (χ3v) is 5.64. The summed E-state index contributed by atoms with van der Waals surface area (Å²) < 4.78 is 0. The number of hydrogen-bond donors (Lipinski definition) is 2. The summed E-state index contributed by atoms with van der Waals surface area (Å²) in [7, 11) is 0. The van der Waals surface area contributed by atoms with Gasteiger partial charge in [0.05, 0.1) is 0 Å². The summed E-state index contributed by atoms with van der Waals surface area (Å²) >= 11 is 0. The molecule has 2 aliphatic rings. The number of aryl methyl sites for hydroxylation is 3. The Hall–Kier alpha value is -3.15. The number of carbonyl (C=O) groups excluding carboxylic acids is 3. The van der Waals surface area contributed by atoms with Gasteiger partial charge in [-0.3, -0.25) is 14.5 Å². The number of benzene rings is 2. The van der Waals surface area contributed by atoms with Crippen LogP contribution in [0.15, 0.2) is 42.5 Å². The zero-order valence-corrected chi connectivity index (χ0v) is 16.0. The van der Waals surface area contributed by atoms with E-state index in [9.17, 15) is 14.4 Å². The minimum atomic E-state index is -0.939. The number of carbonyl (C=O) groups is 3. The molecule has 1 aliphatic heterocycles. The Kier molecular flexibility index (Phi) is 4.41. The van der Waals surface area contributed by atoms with E-state index < -0.39 is 11.6 Å². The van der Waals surface area contributed by atoms with E-state index in [1.807, 2.05) is 50.2 Å². The smallest absolute Gasteiger partial charge is 0.324 e. The zero-order valence-electron chi connectivity index (χ0n) is 16.0. The number of urea groups is 1. The van der Waals surface area contributed by atoms with Gasteiger partial charge in [0.25, 0.3) is 5.91 Å². The second-order valence-corrected chi connectivity index (χ2v) is 7.72. The van der Waals surface area contributed by atoms with Crippen molar-refractivity contribution in [3.63, 3.8) is 0 Å². The van der Waals surface area contributed by atoms with Gasteiger partial charge in [0.2, 0.25) is 5.91 Å². The molecule has 1 spiro atoms. The highest BCUT2D eigenvalue weighted by atomic mass is 16.2. The molecule has 28 heavy (non-hydrogen) atoms. The minimum Gasteiger partial charge on any atom is -0.324 e. The molecule has 6 nitrogen and oxygen atoms in total. The lowest BCUT2D eigenvalue weighted by molar-refractivity contribution is -0.134. The molecule has 1 atom stereocenters. The standard InChI is InChI=1S/C22H23N3O3/c1-14-7-8-18(15(2)11-14)23-19(26)13-25-20(27)22(24-21(25)28)10-9-16-5-3-4-6-17(16)12-22/h3-8,11H,9-10,12-13H2,1-2H3,(H,23,26)(H,24,28). The summed E-state index contributed by atoms with van der Waals surface area (Å²) in [5.41, 5.74) is 4.06. The lowest BCUT2D eigenvalue weighted by atomic mass is 9.78. The number of fused-ring (bicyclic) bond motifs is 1. The average Bonchev–Trinajstić information content (AvgIpc) is 2.88. The molecule has 1 heterocycles. The van der Waals surface area contributed by atoms with E-state index >= 15 is 0 Å². The number of rotatable bonds is 3. The molecule has 1 aliphatic carbocycles. The first-order valence-electron chi connectivity index (χ1n) is 9.46. The molecule has 2 aromatic carbocycles. The van der Waals surface area contributed by atoms with Gasteiger partial charge < -0.3 is 10.6 Å². The van der Waals surface area contributed by atoms with Crippen LogP contribution in [0, 0.1) is 13.8 Å². The molecule has 1 saturated heterocycles. The van der Waals surface area contributed by atoms with E-state index in [2.05, 4.69) is 16.7 Å². The van der Waals surface area contributed by atoms with Crippen molar-refractivity contribution in [2.24, 2.45) is 0 Å². The first-order valence-corrected chi connectivity index (χ1v) is 9.46. The van der Waals surface area contributed by atoms with E-state index in [0.717, 1.165) is 28.0 Å². The molecule has 0 bridgehead atoms. The first kappa shape index (κ1) is 18.2. The van der Waals surface area contributed by atoms with E-state index in [0.29, 0.717) is 18.5 Å². The molecule has 0 radical (unpaired) electrons. The molecule has 1 fully saturated rings. The van der Waals surface area contributed by atoms with Gasteiger partial charge in [-0.05, 0) is 49.4 Å². The fraction of sp³-hybridized carbons (Fsp3) is 0.318. The Morgan fingerprint density at radius 1 is 1.14 bits per heavy atom. The number of hydrogen-bond acceptors (Lipinski definition) is 3. The van der Waals surface area contributed by atoms with Crippen LogP contribution in [0.4, 0.5) is 10.5 Å². The molecular formula is C22H23N3O3. The van der Waals surface area contributed by atoms with E-state index in [1.54, 1.807) is 0 Å². The fourth-order valence-electron chi connectivity index (χ4n) is 4.13. The number of imide groups is 1. The Bertz CT molecular complexity index is 985. The second kappa shape index (κ2) is 6.78. The molecule has 4 amide bonds. The van der Waals surface area contributed by atoms with Crippen molar-refractivity contribution in [2.75, 3.05) is 11.9 Å². The number of amides is 4. The molecule has 1 unspecified atom stereocenters. The summed E-state index contributed by atoms with van der Waals surface area (Å²) in [5.74, 6) is -0.702. The molecule has 144 valence electrons. The maximum absolute atomic E-state index is 13.1. The maximum Gasteiger partial charge on any atom is 0.325 e. The van der Waals surface area contributed by atoms with Crippen LogP contribution in [-0.2, 0) is 22.4 Å². The van der Waals surface area contributed by atoms with Crippen LogP contribution < -0.4 is 10.6 Å². The average molecular weight is 377 g/mol. The fourth-order valence-corrected chi connectivity index (χ4v) is 4.13. The third-order valence-electron chi connectivity index (χ3n) is 5.64. The van der Waals surface area contributed by atoms with Gasteiger partial charge in [0, 0.05) is 12.1 Å². The topological polar surface area (TPSA) is 78.5 Å². The minimum absolute atomic E-state index is 0.290. The highest BCUT2D eigenvalue weighted by Crippen LogP contribution is 2.33. The van der Waals surface area contributed by atoms with E-state index in [4.69, 9.17) is 0 Å². The van der Waals surface area contributed by atoms with Crippen molar-refractivity contribution in [3.05, 3.63) is 64.7 Å². The van der Waals surface area contributed by atoms with Crippen LogP contribution >= 0.6 is 0 Å². The van der Waals surface area contributed by atoms with Crippen LogP contribution in [0.5, 0.6) is 0 Å². The lowest BCUT2D eigenvalue weighted by Crippen LogP contribution is -2.51. The summed E-state index contributed by atoms with van der Waals surface area (Å²) in [6, 6.07) is 13.2. The number of nitrogens with zero attached hydrogens (tertiary/aromatic N) is 1. The van der Waals surface area contributed by atoms with Crippen molar-refractivity contribution < 1.29 is 14.4 Å². The summed E-state index contributed by atoms with van der Waals surface area (Å²) in [4.78, 5) is 39.1. The van der Waals surface area contributed by atoms with Gasteiger partial charge >= 0.3 is 6.03 Å². The molecule has 2 N–H and O–H groups in total. The molecule has 6 heteroatoms. The van der Waals surface area contributed by atoms with Crippen molar-refractivity contribution in [1.82, 2.24) is 10.2 Å². The normalized spacial score (nSPS) is 20.9. The number of anilines is 1. The van der Waals surface area contributed by atoms with Gasteiger partial charge in [-0.15, -0.1) is 0 Å². The maximum atomic E-state index is 13.1. The van der Waals surface area contributed by atoms with Crippen molar-refractivity contribution >= 4 is 23.5 Å². The van der Waals surface area contributed by atoms with Crippen LogP contribution in [0.3, 0.4) is 0 Å². The quantitative estimate of drug-likeness (QED) is 0.808. The summed E-state index contributed by atoms with van der Waals surface area (Å²) in [5, 5.41) is 5.66. The number of nitrogens with one attached hydrogen (secondary N) is 2. The van der Waals surface area contributed by atoms with Gasteiger partial charge in [0.15, 0.2) is 0 Å². The monoisotopic (exact) mass is 377 g/mol. The van der Waals surface area contributed by atoms with E-state index in [-0.39, 0.29) is 18.4 Å². The lowest BCUT2D eigenvalue weighted by Gasteiger charge is -2.32. The van der Waals surface area contributed by atoms with Crippen LogP contribution in [0.25, 0.3) is 0 Å². The largest absolute Gasteiger partial charge is 0.325 e. The van der Waals surface area contributed by atoms with Gasteiger partial charge in [-0.2, -0.15) is 0 Å². The highest BCUT2D eigenvalue weighted by Gasteiger charge is 2.52. The van der Waals surface area contributed by atoms with Gasteiger partial charge in [-0.25, -0.2) is 4.79 Å².